The number of amides is 1. The first-order valence-electron chi connectivity index (χ1n) is 9.79. The maximum atomic E-state index is 12.9. The van der Waals surface area contributed by atoms with Gasteiger partial charge in [0, 0.05) is 55.1 Å². The predicted molar refractivity (Wildman–Crippen MR) is 117 cm³/mol. The van der Waals surface area contributed by atoms with Gasteiger partial charge in [0.2, 0.25) is 0 Å². The Bertz CT molecular complexity index is 977. The molecule has 0 radical (unpaired) electrons. The number of nitrogens with two attached hydrogens (primary N) is 1. The third kappa shape index (κ3) is 4.01. The van der Waals surface area contributed by atoms with E-state index in [0.29, 0.717) is 29.9 Å². The second kappa shape index (κ2) is 9.18. The lowest BCUT2D eigenvalue weighted by atomic mass is 10.1. The molecular weight excluding hydrogens is 378 g/mol. The van der Waals surface area contributed by atoms with E-state index in [1.54, 1.807) is 24.4 Å². The van der Waals surface area contributed by atoms with Crippen molar-refractivity contribution in [2.45, 2.75) is 31.8 Å². The smallest absolute Gasteiger partial charge is 0.256 e. The zero-order chi connectivity index (χ0) is 21.7. The summed E-state index contributed by atoms with van der Waals surface area (Å²) >= 11 is 0. The fourth-order valence-electron chi connectivity index (χ4n) is 4.18. The number of nitrogens with zero attached hydrogens (tertiary/aromatic N) is 4. The van der Waals surface area contributed by atoms with Gasteiger partial charge in [0.05, 0.1) is 17.2 Å². The maximum Gasteiger partial charge on any atom is 0.256 e. The van der Waals surface area contributed by atoms with E-state index in [1.807, 2.05) is 24.0 Å². The Labute approximate surface area is 176 Å². The molecule has 2 bridgehead atoms. The Balaban J connectivity index is 0.000000589. The summed E-state index contributed by atoms with van der Waals surface area (Å²) in [6.45, 7) is 3.26. The van der Waals surface area contributed by atoms with Crippen LogP contribution in [0.15, 0.2) is 36.5 Å². The zero-order valence-corrected chi connectivity index (χ0v) is 16.9. The first-order chi connectivity index (χ1) is 14.5. The molecule has 0 aliphatic carbocycles. The number of aromatic nitrogens is 1. The molecule has 2 aliphatic heterocycles. The minimum Gasteiger partial charge on any atom is -0.398 e. The van der Waals surface area contributed by atoms with E-state index in [-0.39, 0.29) is 18.0 Å². The van der Waals surface area contributed by atoms with Crippen LogP contribution in [0.25, 0.3) is 0 Å². The molecule has 1 amide bonds. The van der Waals surface area contributed by atoms with Crippen molar-refractivity contribution in [3.63, 3.8) is 0 Å². The van der Waals surface area contributed by atoms with Crippen molar-refractivity contribution >= 4 is 29.8 Å². The summed E-state index contributed by atoms with van der Waals surface area (Å²) in [5.41, 5.74) is 8.65. The standard InChI is InChI=1S/C20H21N5O.C2H4N2/c1-13-14(10-21)8-9-23-19(13)25-15-6-7-16(25)12-24(11-15)20(26)17-4-2-3-5-18(17)22;3-1-2-4/h2-5,8-9,15-16H,6-7,11-12,22H2,1H3;1-4H. The Kier molecular flexibility index (Phi) is 6.42. The Hall–Kier alpha value is -3.73. The van der Waals surface area contributed by atoms with Crippen molar-refractivity contribution in [2.75, 3.05) is 23.7 Å². The summed E-state index contributed by atoms with van der Waals surface area (Å²) in [5, 5.41) is 21.5. The van der Waals surface area contributed by atoms with Crippen LogP contribution in [0.2, 0.25) is 0 Å². The summed E-state index contributed by atoms with van der Waals surface area (Å²) in [6.07, 6.45) is 5.58. The monoisotopic (exact) mass is 403 g/mol. The number of para-hydroxylation sites is 1. The van der Waals surface area contributed by atoms with Crippen LogP contribution in [-0.4, -0.2) is 53.4 Å². The summed E-state index contributed by atoms with van der Waals surface area (Å²) in [4.78, 5) is 21.7. The number of hydrogen-bond acceptors (Lipinski definition) is 7. The molecule has 2 aromatic rings. The second-order valence-corrected chi connectivity index (χ2v) is 7.34. The minimum absolute atomic E-state index is 0.00453. The number of nitrogens with one attached hydrogen (secondary N) is 2. The molecule has 1 aromatic heterocycles. The molecule has 154 valence electrons. The average Bonchev–Trinajstić information content (AvgIpc) is 3.02. The number of nitrogen functional groups attached to an aromatic ring is 1. The van der Waals surface area contributed by atoms with Crippen LogP contribution in [-0.2, 0) is 0 Å². The second-order valence-electron chi connectivity index (χ2n) is 7.34. The summed E-state index contributed by atoms with van der Waals surface area (Å²) in [5.74, 6) is 0.873. The number of carbonyl (C=O) groups excluding carboxylic acids is 1. The van der Waals surface area contributed by atoms with Crippen LogP contribution >= 0.6 is 0 Å². The van der Waals surface area contributed by atoms with E-state index in [1.165, 1.54) is 0 Å². The molecule has 2 saturated heterocycles. The van der Waals surface area contributed by atoms with Crippen LogP contribution in [0.3, 0.4) is 0 Å². The summed E-state index contributed by atoms with van der Waals surface area (Å²) < 4.78 is 0. The number of piperazine rings is 1. The lowest BCUT2D eigenvalue weighted by Crippen LogP contribution is -2.56. The molecular formula is C22H25N7O. The number of fused-ring (bicyclic) bond motifs is 2. The van der Waals surface area contributed by atoms with Crippen LogP contribution in [0.4, 0.5) is 11.5 Å². The fraction of sp³-hybridized carbons (Fsp3) is 0.318. The number of hydrogen-bond donors (Lipinski definition) is 3. The van der Waals surface area contributed by atoms with Crippen molar-refractivity contribution in [1.29, 1.82) is 16.1 Å². The highest BCUT2D eigenvalue weighted by atomic mass is 16.2. The van der Waals surface area contributed by atoms with E-state index in [9.17, 15) is 10.1 Å². The molecule has 3 heterocycles. The van der Waals surface area contributed by atoms with Gasteiger partial charge in [-0.15, -0.1) is 0 Å². The van der Waals surface area contributed by atoms with E-state index < -0.39 is 0 Å². The van der Waals surface area contributed by atoms with Crippen molar-refractivity contribution in [3.8, 4) is 6.07 Å². The molecule has 8 nitrogen and oxygen atoms in total. The molecule has 0 saturated carbocycles. The lowest BCUT2D eigenvalue weighted by molar-refractivity contribution is 0.0718. The summed E-state index contributed by atoms with van der Waals surface area (Å²) in [6, 6.07) is 11.7. The molecule has 2 atom stereocenters. The van der Waals surface area contributed by atoms with Crippen molar-refractivity contribution in [3.05, 3.63) is 53.2 Å². The molecule has 4 N–H and O–H groups in total. The van der Waals surface area contributed by atoms with Gasteiger partial charge in [-0.3, -0.25) is 4.79 Å². The fourth-order valence-corrected chi connectivity index (χ4v) is 4.18. The number of rotatable bonds is 3. The Morgan fingerprint density at radius 3 is 2.40 bits per heavy atom. The molecule has 30 heavy (non-hydrogen) atoms. The molecule has 1 aromatic carbocycles. The van der Waals surface area contributed by atoms with Crippen LogP contribution in [0.1, 0.15) is 34.3 Å². The maximum absolute atomic E-state index is 12.9. The van der Waals surface area contributed by atoms with Crippen LogP contribution in [0, 0.1) is 29.1 Å². The van der Waals surface area contributed by atoms with Crippen LogP contribution in [0.5, 0.6) is 0 Å². The molecule has 4 rings (SSSR count). The average molecular weight is 403 g/mol. The molecule has 2 unspecified atom stereocenters. The SMILES string of the molecule is Cc1c(C#N)ccnc1N1C2CCC1CN(C(=O)c1ccccc1N)C2.N=CC=N. The highest BCUT2D eigenvalue weighted by molar-refractivity contribution is 6.12. The van der Waals surface area contributed by atoms with Gasteiger partial charge in [0.15, 0.2) is 0 Å². The molecule has 2 aliphatic rings. The Morgan fingerprint density at radius 2 is 1.83 bits per heavy atom. The first-order valence-corrected chi connectivity index (χ1v) is 9.79. The van der Waals surface area contributed by atoms with Crippen LogP contribution < -0.4 is 10.6 Å². The Morgan fingerprint density at radius 1 is 1.20 bits per heavy atom. The number of nitriles is 1. The van der Waals surface area contributed by atoms with Crippen molar-refractivity contribution < 1.29 is 4.79 Å². The topological polar surface area (TPSA) is 134 Å². The third-order valence-electron chi connectivity index (χ3n) is 5.59. The lowest BCUT2D eigenvalue weighted by Gasteiger charge is -2.42. The van der Waals surface area contributed by atoms with Gasteiger partial charge < -0.3 is 26.4 Å². The molecule has 0 spiro atoms. The van der Waals surface area contributed by atoms with Gasteiger partial charge in [-0.2, -0.15) is 5.26 Å². The van der Waals surface area contributed by atoms with Gasteiger partial charge in [-0.25, -0.2) is 4.98 Å². The number of benzene rings is 1. The predicted octanol–water partition coefficient (Wildman–Crippen LogP) is 2.62. The molecule has 8 heteroatoms. The third-order valence-corrected chi connectivity index (χ3v) is 5.59. The van der Waals surface area contributed by atoms with Gasteiger partial charge in [-0.1, -0.05) is 12.1 Å². The normalized spacial score (nSPS) is 19.3. The van der Waals surface area contributed by atoms with Gasteiger partial charge in [-0.05, 0) is 38.0 Å². The highest BCUT2D eigenvalue weighted by Crippen LogP contribution is 2.36. The summed E-state index contributed by atoms with van der Waals surface area (Å²) in [7, 11) is 0. The number of anilines is 2. The first kappa shape index (κ1) is 21.0. The largest absolute Gasteiger partial charge is 0.398 e. The number of likely N-dealkylation sites (tertiary alicyclic amines) is 1. The van der Waals surface area contributed by atoms with Gasteiger partial charge in [0.1, 0.15) is 5.82 Å². The van der Waals surface area contributed by atoms with E-state index >= 15 is 0 Å². The number of carbonyl (C=O) groups is 1. The van der Waals surface area contributed by atoms with E-state index in [2.05, 4.69) is 16.0 Å². The van der Waals surface area contributed by atoms with Gasteiger partial charge >= 0.3 is 0 Å². The van der Waals surface area contributed by atoms with Gasteiger partial charge in [0.25, 0.3) is 5.91 Å². The molecule has 2 fully saturated rings. The highest BCUT2D eigenvalue weighted by Gasteiger charge is 2.42. The van der Waals surface area contributed by atoms with Crippen molar-refractivity contribution in [2.24, 2.45) is 0 Å². The van der Waals surface area contributed by atoms with E-state index in [0.717, 1.165) is 36.7 Å². The zero-order valence-electron chi connectivity index (χ0n) is 16.9. The number of pyridine rings is 1. The van der Waals surface area contributed by atoms with Crippen molar-refractivity contribution in [1.82, 2.24) is 9.88 Å². The quantitative estimate of drug-likeness (QED) is 0.535. The minimum atomic E-state index is -0.00453. The van der Waals surface area contributed by atoms with E-state index in [4.69, 9.17) is 16.6 Å².